The van der Waals surface area contributed by atoms with Crippen LogP contribution in [-0.4, -0.2) is 39.3 Å². The van der Waals surface area contributed by atoms with E-state index in [2.05, 4.69) is 20.0 Å². The van der Waals surface area contributed by atoms with Gasteiger partial charge in [-0.05, 0) is 17.7 Å². The Balaban J connectivity index is 1.47. The molecule has 1 unspecified atom stereocenters. The number of benzene rings is 2. The highest BCUT2D eigenvalue weighted by molar-refractivity contribution is 5.65. The van der Waals surface area contributed by atoms with Crippen molar-refractivity contribution in [1.82, 2.24) is 19.6 Å². The van der Waals surface area contributed by atoms with E-state index >= 15 is 0 Å². The normalized spacial score (nSPS) is 17.3. The van der Waals surface area contributed by atoms with Gasteiger partial charge >= 0.3 is 6.18 Å². The molecule has 0 aliphatic carbocycles. The summed E-state index contributed by atoms with van der Waals surface area (Å²) in [5.41, 5.74) is 1.76. The first-order chi connectivity index (χ1) is 15.0. The Kier molecular flexibility index (Phi) is 4.82. The zero-order valence-corrected chi connectivity index (χ0v) is 16.3. The fourth-order valence-corrected chi connectivity index (χ4v) is 3.72. The van der Waals surface area contributed by atoms with Crippen LogP contribution in [0.2, 0.25) is 0 Å². The van der Waals surface area contributed by atoms with Crippen molar-refractivity contribution in [3.05, 3.63) is 78.1 Å². The van der Waals surface area contributed by atoms with Gasteiger partial charge in [0.15, 0.2) is 0 Å². The molecule has 5 rings (SSSR count). The lowest BCUT2D eigenvalue weighted by molar-refractivity contribution is -0.137. The van der Waals surface area contributed by atoms with Gasteiger partial charge in [0, 0.05) is 24.7 Å². The summed E-state index contributed by atoms with van der Waals surface area (Å²) in [5, 5.41) is 4.30. The van der Waals surface area contributed by atoms with Crippen molar-refractivity contribution in [1.29, 1.82) is 0 Å². The van der Waals surface area contributed by atoms with Crippen molar-refractivity contribution >= 4 is 11.6 Å². The number of hydrogen-bond donors (Lipinski definition) is 0. The maximum Gasteiger partial charge on any atom is 0.416 e. The zero-order valence-electron chi connectivity index (χ0n) is 16.3. The van der Waals surface area contributed by atoms with Gasteiger partial charge in [0.2, 0.25) is 0 Å². The molecule has 1 aliphatic rings. The Morgan fingerprint density at radius 1 is 1.00 bits per heavy atom. The third kappa shape index (κ3) is 3.84. The van der Waals surface area contributed by atoms with E-state index in [9.17, 15) is 13.2 Å². The first kappa shape index (κ1) is 19.5. The summed E-state index contributed by atoms with van der Waals surface area (Å²) in [6.07, 6.45) is -3.27. The Bertz CT molecular complexity index is 1190. The second-order valence-electron chi connectivity index (χ2n) is 7.26. The molecule has 0 N–H and O–H groups in total. The van der Waals surface area contributed by atoms with E-state index in [1.165, 1.54) is 18.5 Å². The number of aromatic nitrogens is 4. The van der Waals surface area contributed by atoms with Crippen LogP contribution in [0.5, 0.6) is 0 Å². The number of halogens is 3. The van der Waals surface area contributed by atoms with E-state index in [1.54, 1.807) is 4.52 Å². The molecular formula is C22H18F3N5O. The van der Waals surface area contributed by atoms with Gasteiger partial charge in [-0.3, -0.25) is 0 Å². The minimum absolute atomic E-state index is 0.358. The predicted molar refractivity (Wildman–Crippen MR) is 109 cm³/mol. The van der Waals surface area contributed by atoms with Crippen LogP contribution >= 0.6 is 0 Å². The smallest absolute Gasteiger partial charge is 0.370 e. The molecule has 4 aromatic rings. The lowest BCUT2D eigenvalue weighted by Gasteiger charge is -2.34. The molecule has 158 valence electrons. The van der Waals surface area contributed by atoms with E-state index in [1.807, 2.05) is 36.4 Å². The standard InChI is InChI=1S/C22H18F3N5O/c23-22(24,25)17-8-6-16(7-9-17)19-13-29(10-11-31-19)20-12-18(15-4-2-1-3-5-15)28-21-26-14-27-30(20)21/h1-9,12,14,19H,10-11,13H2. The van der Waals surface area contributed by atoms with Gasteiger partial charge in [-0.25, -0.2) is 4.98 Å². The minimum atomic E-state index is -4.36. The lowest BCUT2D eigenvalue weighted by atomic mass is 10.0. The maximum absolute atomic E-state index is 12.9. The highest BCUT2D eigenvalue weighted by Gasteiger charge is 2.31. The number of alkyl halides is 3. The maximum atomic E-state index is 12.9. The van der Waals surface area contributed by atoms with Gasteiger partial charge in [0.25, 0.3) is 5.78 Å². The molecule has 0 spiro atoms. The van der Waals surface area contributed by atoms with E-state index in [0.29, 0.717) is 31.0 Å². The van der Waals surface area contributed by atoms with Crippen LogP contribution in [0.1, 0.15) is 17.2 Å². The Labute approximate surface area is 175 Å². The van der Waals surface area contributed by atoms with E-state index in [-0.39, 0.29) is 6.10 Å². The summed E-state index contributed by atoms with van der Waals surface area (Å²) in [4.78, 5) is 10.9. The third-order valence-electron chi connectivity index (χ3n) is 5.30. The Morgan fingerprint density at radius 3 is 2.52 bits per heavy atom. The van der Waals surface area contributed by atoms with E-state index in [0.717, 1.165) is 29.2 Å². The van der Waals surface area contributed by atoms with Crippen LogP contribution in [-0.2, 0) is 10.9 Å². The van der Waals surface area contributed by atoms with Gasteiger partial charge in [-0.15, -0.1) is 0 Å². The molecule has 1 saturated heterocycles. The minimum Gasteiger partial charge on any atom is -0.370 e. The second kappa shape index (κ2) is 7.66. The zero-order chi connectivity index (χ0) is 21.4. The molecule has 2 aromatic heterocycles. The molecule has 2 aromatic carbocycles. The second-order valence-corrected chi connectivity index (χ2v) is 7.26. The number of ether oxygens (including phenoxy) is 1. The summed E-state index contributed by atoms with van der Waals surface area (Å²) in [7, 11) is 0. The van der Waals surface area contributed by atoms with Gasteiger partial charge in [0.05, 0.1) is 17.9 Å². The molecule has 9 heteroatoms. The summed E-state index contributed by atoms with van der Waals surface area (Å²) in [6, 6.07) is 16.9. The number of anilines is 1. The Morgan fingerprint density at radius 2 is 1.77 bits per heavy atom. The van der Waals surface area contributed by atoms with Crippen LogP contribution in [0, 0.1) is 0 Å². The monoisotopic (exact) mass is 425 g/mol. The predicted octanol–water partition coefficient (Wildman–Crippen LogP) is 4.39. The van der Waals surface area contributed by atoms with Crippen LogP contribution < -0.4 is 4.90 Å². The quantitative estimate of drug-likeness (QED) is 0.487. The van der Waals surface area contributed by atoms with E-state index in [4.69, 9.17) is 4.74 Å². The average molecular weight is 425 g/mol. The number of fused-ring (bicyclic) bond motifs is 1. The molecular weight excluding hydrogens is 407 g/mol. The summed E-state index contributed by atoms with van der Waals surface area (Å²) >= 11 is 0. The van der Waals surface area contributed by atoms with Gasteiger partial charge in [0.1, 0.15) is 18.2 Å². The Hall–Kier alpha value is -3.46. The lowest BCUT2D eigenvalue weighted by Crippen LogP contribution is -2.39. The van der Waals surface area contributed by atoms with Gasteiger partial charge in [-0.2, -0.15) is 27.8 Å². The summed E-state index contributed by atoms with van der Waals surface area (Å²) < 4.78 is 46.2. The van der Waals surface area contributed by atoms with Crippen LogP contribution in [0.4, 0.5) is 19.0 Å². The average Bonchev–Trinajstić information content (AvgIpc) is 3.27. The molecule has 1 fully saturated rings. The van der Waals surface area contributed by atoms with Crippen molar-refractivity contribution in [2.45, 2.75) is 12.3 Å². The molecule has 0 amide bonds. The SMILES string of the molecule is FC(F)(F)c1ccc(C2CN(c3cc(-c4ccccc4)nc4ncnn34)CCO2)cc1. The fraction of sp³-hybridized carbons (Fsp3) is 0.227. The largest absolute Gasteiger partial charge is 0.416 e. The number of rotatable bonds is 3. The third-order valence-corrected chi connectivity index (χ3v) is 5.30. The molecule has 1 aliphatic heterocycles. The first-order valence-electron chi connectivity index (χ1n) is 9.79. The van der Waals surface area contributed by atoms with Gasteiger partial charge < -0.3 is 9.64 Å². The molecule has 0 saturated carbocycles. The molecule has 0 radical (unpaired) electrons. The molecule has 6 nitrogen and oxygen atoms in total. The van der Waals surface area contributed by atoms with Crippen molar-refractivity contribution in [2.24, 2.45) is 0 Å². The first-order valence-corrected chi connectivity index (χ1v) is 9.79. The summed E-state index contributed by atoms with van der Waals surface area (Å²) in [5.74, 6) is 1.29. The van der Waals surface area contributed by atoms with Crippen LogP contribution in [0.15, 0.2) is 67.0 Å². The number of nitrogens with zero attached hydrogens (tertiary/aromatic N) is 5. The number of hydrogen-bond acceptors (Lipinski definition) is 5. The summed E-state index contributed by atoms with van der Waals surface area (Å²) in [6.45, 7) is 1.52. The highest BCUT2D eigenvalue weighted by atomic mass is 19.4. The molecule has 31 heavy (non-hydrogen) atoms. The van der Waals surface area contributed by atoms with Crippen molar-refractivity contribution < 1.29 is 17.9 Å². The molecule has 3 heterocycles. The van der Waals surface area contributed by atoms with Crippen molar-refractivity contribution in [3.8, 4) is 11.3 Å². The fourth-order valence-electron chi connectivity index (χ4n) is 3.72. The van der Waals surface area contributed by atoms with Crippen LogP contribution in [0.25, 0.3) is 17.0 Å². The topological polar surface area (TPSA) is 55.6 Å². The van der Waals surface area contributed by atoms with Gasteiger partial charge in [-0.1, -0.05) is 42.5 Å². The van der Waals surface area contributed by atoms with Crippen molar-refractivity contribution in [2.75, 3.05) is 24.6 Å². The number of morpholine rings is 1. The molecule has 0 bridgehead atoms. The van der Waals surface area contributed by atoms with Crippen molar-refractivity contribution in [3.63, 3.8) is 0 Å². The van der Waals surface area contributed by atoms with Crippen LogP contribution in [0.3, 0.4) is 0 Å². The molecule has 1 atom stereocenters. The van der Waals surface area contributed by atoms with E-state index < -0.39 is 11.7 Å². The highest BCUT2D eigenvalue weighted by Crippen LogP contribution is 2.32.